The van der Waals surface area contributed by atoms with Crippen molar-refractivity contribution in [3.05, 3.63) is 29.6 Å². The fourth-order valence-corrected chi connectivity index (χ4v) is 1.16. The highest BCUT2D eigenvalue weighted by atomic mass is 16.5. The molecule has 0 bridgehead atoms. The lowest BCUT2D eigenvalue weighted by Gasteiger charge is -1.99. The number of phenolic OH excluding ortho intramolecular Hbond substituents is 1. The fourth-order valence-electron chi connectivity index (χ4n) is 1.16. The number of hydrogen-bond acceptors (Lipinski definition) is 4. The second-order valence-corrected chi connectivity index (χ2v) is 3.15. The van der Waals surface area contributed by atoms with E-state index in [0.717, 1.165) is 11.1 Å². The van der Waals surface area contributed by atoms with E-state index < -0.39 is 0 Å². The highest BCUT2D eigenvalue weighted by Crippen LogP contribution is 2.24. The highest BCUT2D eigenvalue weighted by molar-refractivity contribution is 5.57. The third-order valence-electron chi connectivity index (χ3n) is 1.98. The molecule has 0 aliphatic heterocycles. The third kappa shape index (κ3) is 2.15. The number of aryl methyl sites for hydroxylation is 2. The number of nitrogens with zero attached hydrogens (tertiary/aromatic N) is 2. The smallest absolute Gasteiger partial charge is 0.258 e. The van der Waals surface area contributed by atoms with Crippen LogP contribution in [-0.2, 0) is 0 Å². The predicted molar refractivity (Wildman–Crippen MR) is 57.6 cm³/mol. The van der Waals surface area contributed by atoms with E-state index in [4.69, 9.17) is 4.52 Å². The number of rotatable bonds is 1. The standard InChI is InChI=1S/C10H10N2O2.CH4/c1-6-3-4-8(5-9(6)13)10-11-7(2)12-14-10;/h3-5,13H,1-2H3;1H4. The van der Waals surface area contributed by atoms with Gasteiger partial charge in [-0.3, -0.25) is 0 Å². The number of phenols is 1. The van der Waals surface area contributed by atoms with E-state index in [1.54, 1.807) is 13.0 Å². The molecule has 1 aromatic carbocycles. The molecule has 0 unspecified atom stereocenters. The molecule has 0 amide bonds. The maximum absolute atomic E-state index is 9.48. The molecular formula is C11H14N2O2. The van der Waals surface area contributed by atoms with Crippen molar-refractivity contribution in [2.75, 3.05) is 0 Å². The minimum atomic E-state index is 0. The second-order valence-electron chi connectivity index (χ2n) is 3.15. The summed E-state index contributed by atoms with van der Waals surface area (Å²) in [6.45, 7) is 3.58. The fraction of sp³-hybridized carbons (Fsp3) is 0.273. The Morgan fingerprint density at radius 1 is 1.27 bits per heavy atom. The molecule has 0 saturated heterocycles. The average molecular weight is 206 g/mol. The molecule has 0 atom stereocenters. The summed E-state index contributed by atoms with van der Waals surface area (Å²) in [5.74, 6) is 1.25. The van der Waals surface area contributed by atoms with Gasteiger partial charge in [-0.25, -0.2) is 0 Å². The van der Waals surface area contributed by atoms with E-state index in [1.165, 1.54) is 0 Å². The molecular weight excluding hydrogens is 192 g/mol. The van der Waals surface area contributed by atoms with E-state index in [1.807, 2.05) is 19.1 Å². The molecule has 0 radical (unpaired) electrons. The molecule has 0 saturated carbocycles. The summed E-state index contributed by atoms with van der Waals surface area (Å²) in [4.78, 5) is 4.06. The molecule has 0 fully saturated rings. The van der Waals surface area contributed by atoms with Crippen molar-refractivity contribution in [1.29, 1.82) is 0 Å². The van der Waals surface area contributed by atoms with Crippen molar-refractivity contribution in [3.8, 4) is 17.2 Å². The lowest BCUT2D eigenvalue weighted by Crippen LogP contribution is -1.80. The highest BCUT2D eigenvalue weighted by Gasteiger charge is 2.07. The molecule has 2 rings (SSSR count). The lowest BCUT2D eigenvalue weighted by atomic mass is 10.1. The maximum atomic E-state index is 9.48. The van der Waals surface area contributed by atoms with Crippen LogP contribution in [-0.4, -0.2) is 15.2 Å². The van der Waals surface area contributed by atoms with Crippen LogP contribution in [0.3, 0.4) is 0 Å². The van der Waals surface area contributed by atoms with Gasteiger partial charge in [0.05, 0.1) is 0 Å². The van der Waals surface area contributed by atoms with Crippen LogP contribution < -0.4 is 0 Å². The molecule has 0 aliphatic carbocycles. The number of benzene rings is 1. The Morgan fingerprint density at radius 3 is 2.53 bits per heavy atom. The van der Waals surface area contributed by atoms with E-state index in [-0.39, 0.29) is 13.2 Å². The summed E-state index contributed by atoms with van der Waals surface area (Å²) in [7, 11) is 0. The molecule has 1 N–H and O–H groups in total. The van der Waals surface area contributed by atoms with Crippen LogP contribution in [0.25, 0.3) is 11.5 Å². The van der Waals surface area contributed by atoms with E-state index >= 15 is 0 Å². The summed E-state index contributed by atoms with van der Waals surface area (Å²) < 4.78 is 4.97. The Kier molecular flexibility index (Phi) is 3.09. The number of aromatic nitrogens is 2. The Bertz CT molecular complexity index is 463. The first-order valence-electron chi connectivity index (χ1n) is 4.27. The summed E-state index contributed by atoms with van der Waals surface area (Å²) in [6, 6.07) is 5.26. The minimum Gasteiger partial charge on any atom is -0.508 e. The number of aromatic hydroxyl groups is 1. The van der Waals surface area contributed by atoms with Crippen LogP contribution >= 0.6 is 0 Å². The molecule has 1 heterocycles. The SMILES string of the molecule is C.Cc1noc(-c2ccc(C)c(O)c2)n1. The molecule has 4 nitrogen and oxygen atoms in total. The van der Waals surface area contributed by atoms with Crippen molar-refractivity contribution >= 4 is 0 Å². The van der Waals surface area contributed by atoms with E-state index in [2.05, 4.69) is 10.1 Å². The zero-order valence-corrected chi connectivity index (χ0v) is 7.98. The molecule has 1 aromatic heterocycles. The van der Waals surface area contributed by atoms with Gasteiger partial charge in [-0.15, -0.1) is 0 Å². The van der Waals surface area contributed by atoms with Gasteiger partial charge in [0.2, 0.25) is 0 Å². The topological polar surface area (TPSA) is 59.2 Å². The predicted octanol–water partition coefficient (Wildman–Crippen LogP) is 2.70. The van der Waals surface area contributed by atoms with Crippen LogP contribution in [0, 0.1) is 13.8 Å². The summed E-state index contributed by atoms with van der Waals surface area (Å²) in [6.07, 6.45) is 0. The van der Waals surface area contributed by atoms with Gasteiger partial charge in [-0.2, -0.15) is 4.98 Å². The zero-order chi connectivity index (χ0) is 10.1. The van der Waals surface area contributed by atoms with Gasteiger partial charge in [0.15, 0.2) is 5.82 Å². The second kappa shape index (κ2) is 4.13. The van der Waals surface area contributed by atoms with Crippen LogP contribution in [0.15, 0.2) is 22.7 Å². The normalized spacial score (nSPS) is 9.73. The first-order chi connectivity index (χ1) is 6.66. The zero-order valence-electron chi connectivity index (χ0n) is 7.98. The van der Waals surface area contributed by atoms with Crippen molar-refractivity contribution in [3.63, 3.8) is 0 Å². The quantitative estimate of drug-likeness (QED) is 0.779. The summed E-state index contributed by atoms with van der Waals surface area (Å²) in [5, 5.41) is 13.2. The molecule has 0 aliphatic rings. The Hall–Kier alpha value is -1.84. The van der Waals surface area contributed by atoms with Crippen LogP contribution in [0.4, 0.5) is 0 Å². The molecule has 80 valence electrons. The number of hydrogen-bond donors (Lipinski definition) is 1. The summed E-state index contributed by atoms with van der Waals surface area (Å²) >= 11 is 0. The van der Waals surface area contributed by atoms with Gasteiger partial charge in [-0.05, 0) is 31.5 Å². The van der Waals surface area contributed by atoms with E-state index in [0.29, 0.717) is 11.7 Å². The van der Waals surface area contributed by atoms with Crippen molar-refractivity contribution in [2.24, 2.45) is 0 Å². The van der Waals surface area contributed by atoms with Crippen LogP contribution in [0.5, 0.6) is 5.75 Å². The van der Waals surface area contributed by atoms with Crippen molar-refractivity contribution < 1.29 is 9.63 Å². The molecule has 4 heteroatoms. The maximum Gasteiger partial charge on any atom is 0.258 e. The molecule has 15 heavy (non-hydrogen) atoms. The van der Waals surface area contributed by atoms with Gasteiger partial charge in [-0.1, -0.05) is 18.6 Å². The minimum absolute atomic E-state index is 0. The van der Waals surface area contributed by atoms with Crippen molar-refractivity contribution in [1.82, 2.24) is 10.1 Å². The Balaban J connectivity index is 0.00000112. The van der Waals surface area contributed by atoms with Crippen molar-refractivity contribution in [2.45, 2.75) is 21.3 Å². The van der Waals surface area contributed by atoms with Gasteiger partial charge in [0.1, 0.15) is 5.75 Å². The first kappa shape index (κ1) is 11.2. The largest absolute Gasteiger partial charge is 0.508 e. The Labute approximate surface area is 88.6 Å². The van der Waals surface area contributed by atoms with Crippen LogP contribution in [0.2, 0.25) is 0 Å². The molecule has 2 aromatic rings. The van der Waals surface area contributed by atoms with Gasteiger partial charge in [0, 0.05) is 5.56 Å². The van der Waals surface area contributed by atoms with Gasteiger partial charge >= 0.3 is 0 Å². The third-order valence-corrected chi connectivity index (χ3v) is 1.98. The first-order valence-corrected chi connectivity index (χ1v) is 4.27. The summed E-state index contributed by atoms with van der Waals surface area (Å²) in [5.41, 5.74) is 1.55. The average Bonchev–Trinajstić information content (AvgIpc) is 2.57. The van der Waals surface area contributed by atoms with E-state index in [9.17, 15) is 5.11 Å². The van der Waals surface area contributed by atoms with Gasteiger partial charge in [0.25, 0.3) is 5.89 Å². The lowest BCUT2D eigenvalue weighted by molar-refractivity contribution is 0.425. The van der Waals surface area contributed by atoms with Gasteiger partial charge < -0.3 is 9.63 Å². The Morgan fingerprint density at radius 2 is 2.00 bits per heavy atom. The van der Waals surface area contributed by atoms with Crippen LogP contribution in [0.1, 0.15) is 18.8 Å². The monoisotopic (exact) mass is 206 g/mol. The molecule has 0 spiro atoms.